The molecule has 0 saturated carbocycles. The smallest absolute Gasteiger partial charge is 0.337 e. The number of carboxylic acids is 1. The Kier molecular flexibility index (Phi) is 5.00. The summed E-state index contributed by atoms with van der Waals surface area (Å²) in [5, 5.41) is 25.1. The molecule has 0 radical (unpaired) electrons. The van der Waals surface area contributed by atoms with Crippen LogP contribution in [0.1, 0.15) is 20.8 Å². The molecule has 7 nitrogen and oxygen atoms in total. The van der Waals surface area contributed by atoms with E-state index in [2.05, 4.69) is 10.5 Å². The third kappa shape index (κ3) is 3.77. The lowest BCUT2D eigenvalue weighted by molar-refractivity contribution is 0.0697. The number of phenols is 1. The van der Waals surface area contributed by atoms with Gasteiger partial charge in [-0.15, -0.1) is 0 Å². The second-order valence-electron chi connectivity index (χ2n) is 6.48. The molecule has 1 aromatic heterocycles. The van der Waals surface area contributed by atoms with Gasteiger partial charge >= 0.3 is 5.97 Å². The van der Waals surface area contributed by atoms with Gasteiger partial charge in [-0.05, 0) is 29.3 Å². The Morgan fingerprint density at radius 2 is 1.57 bits per heavy atom. The second-order valence-corrected chi connectivity index (χ2v) is 6.48. The lowest BCUT2D eigenvalue weighted by Gasteiger charge is -2.07. The third-order valence-corrected chi connectivity index (χ3v) is 4.50. The number of aromatic nitrogens is 1. The number of amides is 1. The van der Waals surface area contributed by atoms with Gasteiger partial charge in [0.1, 0.15) is 5.75 Å². The number of hydrogen-bond donors (Lipinski definition) is 3. The summed E-state index contributed by atoms with van der Waals surface area (Å²) in [6.45, 7) is 0. The first-order valence-corrected chi connectivity index (χ1v) is 9.02. The minimum absolute atomic E-state index is 0.00252. The summed E-state index contributed by atoms with van der Waals surface area (Å²) in [5.41, 5.74) is 2.49. The van der Waals surface area contributed by atoms with Gasteiger partial charge in [-0.1, -0.05) is 59.8 Å². The maximum absolute atomic E-state index is 12.6. The predicted octanol–water partition coefficient (Wildman–Crippen LogP) is 4.66. The van der Waals surface area contributed by atoms with Crippen LogP contribution in [0, 0.1) is 0 Å². The molecule has 0 aliphatic heterocycles. The van der Waals surface area contributed by atoms with Crippen molar-refractivity contribution in [1.82, 2.24) is 5.16 Å². The number of carboxylic acid groups (broad SMARTS) is 1. The van der Waals surface area contributed by atoms with Crippen molar-refractivity contribution in [1.29, 1.82) is 0 Å². The number of rotatable bonds is 5. The molecule has 0 atom stereocenters. The number of carbonyl (C=O) groups is 2. The number of anilines is 1. The number of nitrogens with zero attached hydrogens (tertiary/aromatic N) is 1. The van der Waals surface area contributed by atoms with Gasteiger partial charge in [0.15, 0.2) is 11.5 Å². The van der Waals surface area contributed by atoms with E-state index in [4.69, 9.17) is 4.52 Å². The maximum Gasteiger partial charge on any atom is 0.337 e. The highest BCUT2D eigenvalue weighted by atomic mass is 16.5. The van der Waals surface area contributed by atoms with Gasteiger partial charge in [0.2, 0.25) is 0 Å². The number of hydrogen-bond acceptors (Lipinski definition) is 5. The Morgan fingerprint density at radius 3 is 2.30 bits per heavy atom. The monoisotopic (exact) mass is 400 g/mol. The molecule has 0 unspecified atom stereocenters. The van der Waals surface area contributed by atoms with Crippen LogP contribution >= 0.6 is 0 Å². The largest absolute Gasteiger partial charge is 0.508 e. The fraction of sp³-hybridized carbons (Fsp3) is 0. The average Bonchev–Trinajstić information content (AvgIpc) is 3.26. The van der Waals surface area contributed by atoms with Crippen LogP contribution in [0.2, 0.25) is 0 Å². The van der Waals surface area contributed by atoms with Crippen LogP contribution in [0.25, 0.3) is 22.5 Å². The zero-order chi connectivity index (χ0) is 21.1. The van der Waals surface area contributed by atoms with Crippen LogP contribution in [0.15, 0.2) is 83.4 Å². The average molecular weight is 400 g/mol. The van der Waals surface area contributed by atoms with E-state index in [1.807, 2.05) is 54.6 Å². The number of nitrogens with one attached hydrogen (secondary N) is 1. The lowest BCUT2D eigenvalue weighted by Crippen LogP contribution is -2.15. The summed E-state index contributed by atoms with van der Waals surface area (Å²) in [7, 11) is 0. The first kappa shape index (κ1) is 18.9. The summed E-state index contributed by atoms with van der Waals surface area (Å²) in [6.07, 6.45) is 0. The minimum Gasteiger partial charge on any atom is -0.508 e. The second kappa shape index (κ2) is 7.92. The fourth-order valence-electron chi connectivity index (χ4n) is 3.08. The number of aromatic hydroxyl groups is 1. The third-order valence-electron chi connectivity index (χ3n) is 4.50. The number of phenolic OH excluding ortho intramolecular Hbond substituents is 1. The molecule has 30 heavy (non-hydrogen) atoms. The van der Waals surface area contributed by atoms with Crippen molar-refractivity contribution in [3.05, 3.63) is 90.1 Å². The van der Waals surface area contributed by atoms with E-state index in [-0.39, 0.29) is 22.7 Å². The van der Waals surface area contributed by atoms with E-state index in [0.717, 1.165) is 22.8 Å². The minimum atomic E-state index is -1.28. The molecule has 0 bridgehead atoms. The van der Waals surface area contributed by atoms with Crippen LogP contribution in [0.3, 0.4) is 0 Å². The zero-order valence-corrected chi connectivity index (χ0v) is 15.6. The fourth-order valence-corrected chi connectivity index (χ4v) is 3.08. The molecular formula is C23H16N2O5. The van der Waals surface area contributed by atoms with Crippen LogP contribution in [0.4, 0.5) is 5.69 Å². The highest BCUT2D eigenvalue weighted by Crippen LogP contribution is 2.32. The van der Waals surface area contributed by atoms with Gasteiger partial charge in [-0.3, -0.25) is 4.79 Å². The first-order valence-electron chi connectivity index (χ1n) is 9.02. The van der Waals surface area contributed by atoms with Crippen molar-refractivity contribution in [3.8, 4) is 28.2 Å². The number of aromatic carboxylic acids is 1. The normalized spacial score (nSPS) is 10.5. The Bertz CT molecular complexity index is 1230. The van der Waals surface area contributed by atoms with Crippen molar-refractivity contribution < 1.29 is 24.3 Å². The topological polar surface area (TPSA) is 113 Å². The van der Waals surface area contributed by atoms with E-state index in [9.17, 15) is 19.8 Å². The molecule has 3 N–H and O–H groups in total. The molecule has 4 rings (SSSR count). The number of benzene rings is 3. The van der Waals surface area contributed by atoms with Gasteiger partial charge in [0.05, 0.1) is 11.3 Å². The van der Waals surface area contributed by atoms with Crippen LogP contribution in [-0.4, -0.2) is 27.2 Å². The molecule has 7 heteroatoms. The highest BCUT2D eigenvalue weighted by Gasteiger charge is 2.19. The van der Waals surface area contributed by atoms with Gasteiger partial charge in [-0.25, -0.2) is 4.79 Å². The predicted molar refractivity (Wildman–Crippen MR) is 110 cm³/mol. The van der Waals surface area contributed by atoms with E-state index in [0.29, 0.717) is 5.76 Å². The van der Waals surface area contributed by atoms with E-state index < -0.39 is 11.9 Å². The Labute approximate surface area is 171 Å². The zero-order valence-electron chi connectivity index (χ0n) is 15.6. The quantitative estimate of drug-likeness (QED) is 0.420. The molecule has 1 amide bonds. The Morgan fingerprint density at radius 1 is 0.867 bits per heavy atom. The summed E-state index contributed by atoms with van der Waals surface area (Å²) in [6, 6.07) is 22.5. The van der Waals surface area contributed by atoms with Crippen molar-refractivity contribution in [2.45, 2.75) is 0 Å². The molecular weight excluding hydrogens is 384 g/mol. The van der Waals surface area contributed by atoms with Gasteiger partial charge in [0, 0.05) is 11.6 Å². The standard InChI is InChI=1S/C23H16N2O5/c26-15-10-11-19(18(12-15)23(28)29)24-22(27)20-13-21(30-25-20)17-9-5-4-8-16(17)14-6-2-1-3-7-14/h1-13,26H,(H,24,27)(H,28,29). The van der Waals surface area contributed by atoms with E-state index >= 15 is 0 Å². The summed E-state index contributed by atoms with van der Waals surface area (Å²) < 4.78 is 5.40. The summed E-state index contributed by atoms with van der Waals surface area (Å²) >= 11 is 0. The van der Waals surface area contributed by atoms with Crippen molar-refractivity contribution in [2.75, 3.05) is 5.32 Å². The molecule has 0 saturated heterocycles. The maximum atomic E-state index is 12.6. The molecule has 148 valence electrons. The highest BCUT2D eigenvalue weighted by molar-refractivity contribution is 6.07. The van der Waals surface area contributed by atoms with Gasteiger partial charge in [0.25, 0.3) is 5.91 Å². The molecule has 3 aromatic carbocycles. The van der Waals surface area contributed by atoms with Gasteiger partial charge < -0.3 is 20.1 Å². The SMILES string of the molecule is O=C(Nc1ccc(O)cc1C(=O)O)c1cc(-c2ccccc2-c2ccccc2)on1. The van der Waals surface area contributed by atoms with Crippen LogP contribution < -0.4 is 5.32 Å². The van der Waals surface area contributed by atoms with Crippen LogP contribution in [0.5, 0.6) is 5.75 Å². The van der Waals surface area contributed by atoms with Crippen molar-refractivity contribution in [2.24, 2.45) is 0 Å². The molecule has 0 fully saturated rings. The first-order chi connectivity index (χ1) is 14.5. The van der Waals surface area contributed by atoms with E-state index in [1.54, 1.807) is 0 Å². The van der Waals surface area contributed by atoms with Crippen molar-refractivity contribution in [3.63, 3.8) is 0 Å². The Balaban J connectivity index is 1.64. The lowest BCUT2D eigenvalue weighted by atomic mass is 9.98. The molecule has 4 aromatic rings. The van der Waals surface area contributed by atoms with Gasteiger partial charge in [-0.2, -0.15) is 0 Å². The molecule has 0 spiro atoms. The van der Waals surface area contributed by atoms with Crippen LogP contribution in [-0.2, 0) is 0 Å². The summed E-state index contributed by atoms with van der Waals surface area (Å²) in [4.78, 5) is 23.9. The number of carbonyl (C=O) groups excluding carboxylic acids is 1. The molecule has 1 heterocycles. The van der Waals surface area contributed by atoms with Crippen molar-refractivity contribution >= 4 is 17.6 Å². The molecule has 0 aliphatic carbocycles. The van der Waals surface area contributed by atoms with E-state index in [1.165, 1.54) is 18.2 Å². The molecule has 0 aliphatic rings. The summed E-state index contributed by atoms with van der Waals surface area (Å²) in [5.74, 6) is -1.72. The Hall–Kier alpha value is -4.39.